The van der Waals surface area contributed by atoms with Crippen molar-refractivity contribution in [3.8, 4) is 6.07 Å². The Balaban J connectivity index is 2.46. The summed E-state index contributed by atoms with van der Waals surface area (Å²) < 4.78 is 5.41. The summed E-state index contributed by atoms with van der Waals surface area (Å²) in [5.74, 6) is 0. The van der Waals surface area contributed by atoms with Crippen molar-refractivity contribution in [2.75, 3.05) is 6.61 Å². The summed E-state index contributed by atoms with van der Waals surface area (Å²) in [7, 11) is 0. The lowest BCUT2D eigenvalue weighted by molar-refractivity contribution is 0.117. The zero-order valence-corrected chi connectivity index (χ0v) is 8.36. The Morgan fingerprint density at radius 1 is 1.57 bits per heavy atom. The van der Waals surface area contributed by atoms with Crippen molar-refractivity contribution in [2.45, 2.75) is 26.4 Å². The topological polar surface area (TPSA) is 45.9 Å². The Bertz CT molecular complexity index is 317. The molecule has 1 aromatic heterocycles. The van der Waals surface area contributed by atoms with Crippen molar-refractivity contribution in [3.63, 3.8) is 0 Å². The normalized spacial score (nSPS) is 9.71. The molecule has 0 aromatic carbocycles. The van der Waals surface area contributed by atoms with E-state index in [0.717, 1.165) is 25.0 Å². The van der Waals surface area contributed by atoms with Gasteiger partial charge < -0.3 is 4.74 Å². The second kappa shape index (κ2) is 6.11. The number of hydrogen-bond donors (Lipinski definition) is 0. The van der Waals surface area contributed by atoms with Crippen LogP contribution < -0.4 is 0 Å². The molecule has 0 radical (unpaired) electrons. The van der Waals surface area contributed by atoms with Crippen molar-refractivity contribution in [1.82, 2.24) is 4.98 Å². The van der Waals surface area contributed by atoms with E-state index in [0.29, 0.717) is 12.3 Å². The number of unbranched alkanes of at least 4 members (excludes halogenated alkanes) is 1. The summed E-state index contributed by atoms with van der Waals surface area (Å²) in [6.07, 6.45) is 3.80. The first-order valence-electron chi connectivity index (χ1n) is 4.80. The highest BCUT2D eigenvalue weighted by Gasteiger charge is 2.01. The minimum absolute atomic E-state index is 0.462. The molecule has 0 N–H and O–H groups in total. The fraction of sp³-hybridized carbons (Fsp3) is 0.455. The summed E-state index contributed by atoms with van der Waals surface area (Å²) in [4.78, 5) is 3.95. The third-order valence-corrected chi connectivity index (χ3v) is 1.90. The third-order valence-electron chi connectivity index (χ3n) is 1.90. The number of pyridine rings is 1. The first kappa shape index (κ1) is 10.7. The largest absolute Gasteiger partial charge is 0.377 e. The van der Waals surface area contributed by atoms with Crippen LogP contribution in [-0.2, 0) is 11.3 Å². The molecule has 0 saturated carbocycles. The van der Waals surface area contributed by atoms with Gasteiger partial charge in [-0.2, -0.15) is 5.26 Å². The molecular weight excluding hydrogens is 176 g/mol. The van der Waals surface area contributed by atoms with E-state index in [1.54, 1.807) is 6.20 Å². The highest BCUT2D eigenvalue weighted by atomic mass is 16.5. The van der Waals surface area contributed by atoms with E-state index in [9.17, 15) is 0 Å². The molecule has 0 aliphatic carbocycles. The van der Waals surface area contributed by atoms with Crippen LogP contribution >= 0.6 is 0 Å². The molecule has 0 unspecified atom stereocenters. The molecule has 1 heterocycles. The molecule has 3 nitrogen and oxygen atoms in total. The molecule has 0 aliphatic rings. The van der Waals surface area contributed by atoms with E-state index in [1.165, 1.54) is 0 Å². The number of nitriles is 1. The van der Waals surface area contributed by atoms with Gasteiger partial charge in [-0.25, -0.2) is 4.98 Å². The number of rotatable bonds is 5. The van der Waals surface area contributed by atoms with E-state index in [-0.39, 0.29) is 0 Å². The van der Waals surface area contributed by atoms with Gasteiger partial charge in [-0.3, -0.25) is 0 Å². The summed E-state index contributed by atoms with van der Waals surface area (Å²) in [6, 6.07) is 5.74. The standard InChI is InChI=1S/C11H14N2O/c1-2-3-7-14-9-10-5-4-6-13-11(10)8-12/h4-6H,2-3,7,9H2,1H3. The van der Waals surface area contributed by atoms with Gasteiger partial charge in [0.1, 0.15) is 11.8 Å². The fourth-order valence-corrected chi connectivity index (χ4v) is 1.08. The molecule has 0 amide bonds. The van der Waals surface area contributed by atoms with Gasteiger partial charge in [0, 0.05) is 18.4 Å². The maximum Gasteiger partial charge on any atom is 0.145 e. The van der Waals surface area contributed by atoms with Gasteiger partial charge in [-0.1, -0.05) is 19.4 Å². The van der Waals surface area contributed by atoms with Gasteiger partial charge in [0.15, 0.2) is 0 Å². The molecule has 3 heteroatoms. The first-order chi connectivity index (χ1) is 6.88. The van der Waals surface area contributed by atoms with Gasteiger partial charge in [0.05, 0.1) is 6.61 Å². The van der Waals surface area contributed by atoms with Crippen molar-refractivity contribution in [3.05, 3.63) is 29.6 Å². The SMILES string of the molecule is CCCCOCc1cccnc1C#N. The van der Waals surface area contributed by atoms with E-state index in [1.807, 2.05) is 18.2 Å². The van der Waals surface area contributed by atoms with E-state index >= 15 is 0 Å². The molecule has 1 rings (SSSR count). The van der Waals surface area contributed by atoms with Crippen LogP contribution in [0.1, 0.15) is 31.0 Å². The summed E-state index contributed by atoms with van der Waals surface area (Å²) in [5, 5.41) is 8.75. The van der Waals surface area contributed by atoms with Gasteiger partial charge in [0.25, 0.3) is 0 Å². The number of nitrogens with zero attached hydrogens (tertiary/aromatic N) is 2. The van der Waals surface area contributed by atoms with Crippen LogP contribution in [0.15, 0.2) is 18.3 Å². The van der Waals surface area contributed by atoms with Crippen LogP contribution in [0.4, 0.5) is 0 Å². The zero-order valence-electron chi connectivity index (χ0n) is 8.36. The smallest absolute Gasteiger partial charge is 0.145 e. The quantitative estimate of drug-likeness (QED) is 0.669. The average molecular weight is 190 g/mol. The minimum Gasteiger partial charge on any atom is -0.377 e. The summed E-state index contributed by atoms with van der Waals surface area (Å²) >= 11 is 0. The predicted molar refractivity (Wildman–Crippen MR) is 53.5 cm³/mol. The number of hydrogen-bond acceptors (Lipinski definition) is 3. The Labute approximate surface area is 84.3 Å². The Hall–Kier alpha value is -1.40. The van der Waals surface area contributed by atoms with Crippen LogP contribution in [0.25, 0.3) is 0 Å². The van der Waals surface area contributed by atoms with Crippen molar-refractivity contribution < 1.29 is 4.74 Å². The van der Waals surface area contributed by atoms with Gasteiger partial charge in [-0.15, -0.1) is 0 Å². The molecule has 0 aliphatic heterocycles. The molecular formula is C11H14N2O. The van der Waals surface area contributed by atoms with E-state index < -0.39 is 0 Å². The summed E-state index contributed by atoms with van der Waals surface area (Å²) in [5.41, 5.74) is 1.33. The molecule has 0 spiro atoms. The fourth-order valence-electron chi connectivity index (χ4n) is 1.08. The van der Waals surface area contributed by atoms with Crippen molar-refractivity contribution in [1.29, 1.82) is 5.26 Å². The number of ether oxygens (including phenoxy) is 1. The third kappa shape index (κ3) is 3.15. The molecule has 0 atom stereocenters. The van der Waals surface area contributed by atoms with Crippen LogP contribution in [0, 0.1) is 11.3 Å². The Morgan fingerprint density at radius 2 is 2.43 bits per heavy atom. The maximum atomic E-state index is 8.75. The lowest BCUT2D eigenvalue weighted by Gasteiger charge is -2.03. The predicted octanol–water partition coefficient (Wildman–Crippen LogP) is 2.27. The van der Waals surface area contributed by atoms with E-state index in [4.69, 9.17) is 10.00 Å². The molecule has 0 saturated heterocycles. The molecule has 74 valence electrons. The van der Waals surface area contributed by atoms with Gasteiger partial charge >= 0.3 is 0 Å². The molecule has 1 aromatic rings. The van der Waals surface area contributed by atoms with Crippen molar-refractivity contribution >= 4 is 0 Å². The van der Waals surface area contributed by atoms with Crippen molar-refractivity contribution in [2.24, 2.45) is 0 Å². The van der Waals surface area contributed by atoms with Crippen LogP contribution in [-0.4, -0.2) is 11.6 Å². The lowest BCUT2D eigenvalue weighted by Crippen LogP contribution is -1.98. The second-order valence-electron chi connectivity index (χ2n) is 3.03. The minimum atomic E-state index is 0.462. The highest BCUT2D eigenvalue weighted by molar-refractivity contribution is 5.29. The molecule has 0 bridgehead atoms. The molecule has 14 heavy (non-hydrogen) atoms. The Morgan fingerprint density at radius 3 is 3.14 bits per heavy atom. The first-order valence-corrected chi connectivity index (χ1v) is 4.80. The van der Waals surface area contributed by atoms with Crippen LogP contribution in [0.3, 0.4) is 0 Å². The average Bonchev–Trinajstić information content (AvgIpc) is 2.25. The second-order valence-corrected chi connectivity index (χ2v) is 3.03. The lowest BCUT2D eigenvalue weighted by atomic mass is 10.2. The zero-order chi connectivity index (χ0) is 10.2. The maximum absolute atomic E-state index is 8.75. The van der Waals surface area contributed by atoms with Crippen LogP contribution in [0.5, 0.6) is 0 Å². The van der Waals surface area contributed by atoms with Gasteiger partial charge in [-0.05, 0) is 12.5 Å². The number of aromatic nitrogens is 1. The monoisotopic (exact) mass is 190 g/mol. The molecule has 0 fully saturated rings. The summed E-state index contributed by atoms with van der Waals surface area (Å²) in [6.45, 7) is 3.35. The van der Waals surface area contributed by atoms with E-state index in [2.05, 4.69) is 11.9 Å². The highest BCUT2D eigenvalue weighted by Crippen LogP contribution is 2.05. The van der Waals surface area contributed by atoms with Crippen LogP contribution in [0.2, 0.25) is 0 Å². The Kier molecular flexibility index (Phi) is 4.66. The van der Waals surface area contributed by atoms with Gasteiger partial charge in [0.2, 0.25) is 0 Å².